The van der Waals surface area contributed by atoms with Gasteiger partial charge in [-0.1, -0.05) is 35.0 Å². The summed E-state index contributed by atoms with van der Waals surface area (Å²) in [6.07, 6.45) is 0.205. The van der Waals surface area contributed by atoms with E-state index < -0.39 is 6.10 Å². The molecule has 0 amide bonds. The van der Waals surface area contributed by atoms with Crippen molar-refractivity contribution in [2.75, 3.05) is 0 Å². The Morgan fingerprint density at radius 3 is 2.64 bits per heavy atom. The van der Waals surface area contributed by atoms with Gasteiger partial charge in [-0.2, -0.15) is 0 Å². The van der Waals surface area contributed by atoms with Gasteiger partial charge in [-0.25, -0.2) is 0 Å². The average molecular weight is 258 g/mol. The van der Waals surface area contributed by atoms with Gasteiger partial charge in [0.25, 0.3) is 0 Å². The summed E-state index contributed by atoms with van der Waals surface area (Å²) in [5.41, 5.74) is 8.04. The minimum absolute atomic E-state index is 0.295. The van der Waals surface area contributed by atoms with Crippen molar-refractivity contribution in [3.8, 4) is 0 Å². The van der Waals surface area contributed by atoms with Gasteiger partial charge >= 0.3 is 0 Å². The highest BCUT2D eigenvalue weighted by atomic mass is 79.9. The number of aliphatic hydroxyl groups is 1. The van der Waals surface area contributed by atoms with Gasteiger partial charge in [0, 0.05) is 4.47 Å². The van der Waals surface area contributed by atoms with E-state index in [0.717, 1.165) is 10.0 Å². The third kappa shape index (κ3) is 2.56. The van der Waals surface area contributed by atoms with E-state index in [-0.39, 0.29) is 6.04 Å². The first-order chi connectivity index (χ1) is 6.56. The number of rotatable bonds is 3. The second kappa shape index (κ2) is 4.91. The van der Waals surface area contributed by atoms with Crippen molar-refractivity contribution in [2.45, 2.75) is 32.4 Å². The summed E-state index contributed by atoms with van der Waals surface area (Å²) in [5, 5.41) is 9.60. The van der Waals surface area contributed by atoms with Crippen LogP contribution in [0.5, 0.6) is 0 Å². The third-order valence-corrected chi connectivity index (χ3v) is 3.27. The average Bonchev–Trinajstić information content (AvgIpc) is 2.20. The monoisotopic (exact) mass is 257 g/mol. The van der Waals surface area contributed by atoms with Gasteiger partial charge in [-0.3, -0.25) is 0 Å². The molecular formula is C11H16BrNO. The number of aliphatic hydroxyl groups excluding tert-OH is 1. The molecule has 0 fully saturated rings. The molecule has 0 saturated heterocycles. The molecule has 1 aromatic rings. The molecule has 0 aromatic heterocycles. The van der Waals surface area contributed by atoms with Gasteiger partial charge in [-0.15, -0.1) is 0 Å². The van der Waals surface area contributed by atoms with Crippen LogP contribution in [0.25, 0.3) is 0 Å². The molecule has 2 atom stereocenters. The Labute approximate surface area is 93.3 Å². The first kappa shape index (κ1) is 11.7. The Kier molecular flexibility index (Phi) is 4.11. The minimum Gasteiger partial charge on any atom is -0.391 e. The van der Waals surface area contributed by atoms with Crippen LogP contribution in [-0.2, 0) is 0 Å². The molecule has 78 valence electrons. The fourth-order valence-corrected chi connectivity index (χ4v) is 1.69. The zero-order valence-corrected chi connectivity index (χ0v) is 10.1. The molecule has 0 bridgehead atoms. The van der Waals surface area contributed by atoms with Crippen molar-refractivity contribution >= 4 is 15.9 Å². The lowest BCUT2D eigenvalue weighted by molar-refractivity contribution is 0.140. The standard InChI is InChI=1S/C11H16BrNO/c1-3-10(14)11(13)8-5-4-7(2)9(12)6-8/h4-6,10-11,14H,3,13H2,1-2H3/t10-,11+/m0/s1. The Bertz CT molecular complexity index is 314. The van der Waals surface area contributed by atoms with E-state index in [1.807, 2.05) is 32.0 Å². The largest absolute Gasteiger partial charge is 0.391 e. The van der Waals surface area contributed by atoms with E-state index in [4.69, 9.17) is 5.73 Å². The van der Waals surface area contributed by atoms with E-state index in [2.05, 4.69) is 15.9 Å². The molecule has 0 heterocycles. The molecule has 1 rings (SSSR count). The Hall–Kier alpha value is -0.380. The van der Waals surface area contributed by atoms with Gasteiger partial charge in [0.05, 0.1) is 12.1 Å². The summed E-state index contributed by atoms with van der Waals surface area (Å²) in [7, 11) is 0. The maximum atomic E-state index is 9.60. The van der Waals surface area contributed by atoms with E-state index in [9.17, 15) is 5.11 Å². The fourth-order valence-electron chi connectivity index (χ4n) is 1.29. The lowest BCUT2D eigenvalue weighted by atomic mass is 10.00. The zero-order valence-electron chi connectivity index (χ0n) is 8.50. The summed E-state index contributed by atoms with van der Waals surface area (Å²) < 4.78 is 1.04. The molecule has 0 aliphatic heterocycles. The first-order valence-corrected chi connectivity index (χ1v) is 5.55. The van der Waals surface area contributed by atoms with Crippen LogP contribution in [0.1, 0.15) is 30.5 Å². The second-order valence-corrected chi connectivity index (χ2v) is 4.36. The normalized spacial score (nSPS) is 15.2. The molecule has 2 nitrogen and oxygen atoms in total. The van der Waals surface area contributed by atoms with Gasteiger partial charge < -0.3 is 10.8 Å². The third-order valence-electron chi connectivity index (χ3n) is 2.41. The maximum absolute atomic E-state index is 9.60. The first-order valence-electron chi connectivity index (χ1n) is 4.76. The number of halogens is 1. The molecule has 1 aromatic carbocycles. The van der Waals surface area contributed by atoms with Crippen LogP contribution in [-0.4, -0.2) is 11.2 Å². The molecule has 14 heavy (non-hydrogen) atoms. The molecule has 0 aliphatic carbocycles. The second-order valence-electron chi connectivity index (χ2n) is 3.51. The molecule has 0 unspecified atom stereocenters. The van der Waals surface area contributed by atoms with Crippen molar-refractivity contribution in [3.05, 3.63) is 33.8 Å². The lowest BCUT2D eigenvalue weighted by Gasteiger charge is -2.18. The molecular weight excluding hydrogens is 242 g/mol. The lowest BCUT2D eigenvalue weighted by Crippen LogP contribution is -2.25. The van der Waals surface area contributed by atoms with Crippen LogP contribution in [0.4, 0.5) is 0 Å². The molecule has 3 N–H and O–H groups in total. The SMILES string of the molecule is CC[C@H](O)[C@H](N)c1ccc(C)c(Br)c1. The smallest absolute Gasteiger partial charge is 0.0730 e. The van der Waals surface area contributed by atoms with Crippen LogP contribution >= 0.6 is 15.9 Å². The highest BCUT2D eigenvalue weighted by molar-refractivity contribution is 9.10. The predicted molar refractivity (Wildman–Crippen MR) is 62.1 cm³/mol. The topological polar surface area (TPSA) is 46.2 Å². The van der Waals surface area contributed by atoms with Crippen molar-refractivity contribution in [3.63, 3.8) is 0 Å². The summed E-state index contributed by atoms with van der Waals surface area (Å²) in [6, 6.07) is 5.64. The number of hydrogen-bond donors (Lipinski definition) is 2. The molecule has 0 saturated carbocycles. The van der Waals surface area contributed by atoms with Crippen molar-refractivity contribution in [1.82, 2.24) is 0 Å². The molecule has 0 radical (unpaired) electrons. The van der Waals surface area contributed by atoms with E-state index in [1.165, 1.54) is 5.56 Å². The van der Waals surface area contributed by atoms with E-state index >= 15 is 0 Å². The van der Waals surface area contributed by atoms with E-state index in [0.29, 0.717) is 6.42 Å². The quantitative estimate of drug-likeness (QED) is 0.875. The highest BCUT2D eigenvalue weighted by Crippen LogP contribution is 2.23. The van der Waals surface area contributed by atoms with Crippen LogP contribution in [0.2, 0.25) is 0 Å². The molecule has 0 spiro atoms. The maximum Gasteiger partial charge on any atom is 0.0730 e. The van der Waals surface area contributed by atoms with E-state index in [1.54, 1.807) is 0 Å². The van der Waals surface area contributed by atoms with Gasteiger partial charge in [0.1, 0.15) is 0 Å². The number of hydrogen-bond acceptors (Lipinski definition) is 2. The highest BCUT2D eigenvalue weighted by Gasteiger charge is 2.15. The Morgan fingerprint density at radius 2 is 2.14 bits per heavy atom. The summed E-state index contributed by atoms with van der Waals surface area (Å²) >= 11 is 3.45. The van der Waals surface area contributed by atoms with Crippen molar-refractivity contribution < 1.29 is 5.11 Å². The predicted octanol–water partition coefficient (Wildman–Crippen LogP) is 2.53. The fraction of sp³-hybridized carbons (Fsp3) is 0.455. The summed E-state index contributed by atoms with van der Waals surface area (Å²) in [6.45, 7) is 3.95. The van der Waals surface area contributed by atoms with Gasteiger partial charge in [-0.05, 0) is 30.5 Å². The number of benzene rings is 1. The van der Waals surface area contributed by atoms with Crippen LogP contribution in [0.3, 0.4) is 0 Å². The molecule has 0 aliphatic rings. The Balaban J connectivity index is 2.91. The van der Waals surface area contributed by atoms with Crippen LogP contribution in [0.15, 0.2) is 22.7 Å². The zero-order chi connectivity index (χ0) is 10.7. The van der Waals surface area contributed by atoms with Gasteiger partial charge in [0.15, 0.2) is 0 Å². The molecule has 3 heteroatoms. The van der Waals surface area contributed by atoms with Gasteiger partial charge in [0.2, 0.25) is 0 Å². The minimum atomic E-state index is -0.468. The summed E-state index contributed by atoms with van der Waals surface area (Å²) in [5.74, 6) is 0. The van der Waals surface area contributed by atoms with Crippen molar-refractivity contribution in [1.29, 1.82) is 0 Å². The van der Waals surface area contributed by atoms with Crippen LogP contribution in [0, 0.1) is 6.92 Å². The van der Waals surface area contributed by atoms with Crippen LogP contribution < -0.4 is 5.73 Å². The Morgan fingerprint density at radius 1 is 1.50 bits per heavy atom. The summed E-state index contributed by atoms with van der Waals surface area (Å²) in [4.78, 5) is 0. The number of nitrogens with two attached hydrogens (primary N) is 1. The van der Waals surface area contributed by atoms with Crippen molar-refractivity contribution in [2.24, 2.45) is 5.73 Å². The number of aryl methyl sites for hydroxylation is 1.